The van der Waals surface area contributed by atoms with Crippen LogP contribution >= 0.6 is 11.8 Å². The molecule has 0 bridgehead atoms. The maximum absolute atomic E-state index is 11.5. The van der Waals surface area contributed by atoms with Gasteiger partial charge in [0.1, 0.15) is 11.4 Å². The minimum Gasteiger partial charge on any atom is -0.478 e. The molecule has 4 nitrogen and oxygen atoms in total. The molecule has 1 aliphatic rings. The number of hydrogen-bond acceptors (Lipinski definition) is 4. The number of pyridine rings is 1. The molecule has 0 atom stereocenters. The monoisotopic (exact) mass is 308 g/mol. The molecule has 1 aromatic rings. The van der Waals surface area contributed by atoms with E-state index < -0.39 is 5.97 Å². The fourth-order valence-electron chi connectivity index (χ4n) is 3.13. The van der Waals surface area contributed by atoms with E-state index in [1.165, 1.54) is 32.1 Å². The van der Waals surface area contributed by atoms with Gasteiger partial charge in [0.15, 0.2) is 0 Å². The molecule has 0 spiro atoms. The van der Waals surface area contributed by atoms with Gasteiger partial charge in [0.05, 0.1) is 0 Å². The number of nitrogens with one attached hydrogen (secondary N) is 1. The smallest absolute Gasteiger partial charge is 0.339 e. The molecule has 5 heteroatoms. The Labute approximate surface area is 130 Å². The van der Waals surface area contributed by atoms with Gasteiger partial charge in [-0.25, -0.2) is 9.78 Å². The van der Waals surface area contributed by atoms with Crippen LogP contribution in [0.1, 0.15) is 53.7 Å². The zero-order valence-electron chi connectivity index (χ0n) is 13.0. The Morgan fingerprint density at radius 2 is 2.05 bits per heavy atom. The van der Waals surface area contributed by atoms with Gasteiger partial charge >= 0.3 is 5.97 Å². The minimum atomic E-state index is -0.913. The number of hydrogen-bond donors (Lipinski definition) is 2. The number of thioether (sulfide) groups is 1. The van der Waals surface area contributed by atoms with Gasteiger partial charge in [-0.3, -0.25) is 0 Å². The summed E-state index contributed by atoms with van der Waals surface area (Å²) in [6.45, 7) is 4.51. The molecule has 0 aromatic carbocycles. The molecule has 0 radical (unpaired) electrons. The van der Waals surface area contributed by atoms with Crippen molar-refractivity contribution in [3.8, 4) is 0 Å². The first-order valence-electron chi connectivity index (χ1n) is 7.48. The third-order valence-electron chi connectivity index (χ3n) is 4.33. The lowest BCUT2D eigenvalue weighted by molar-refractivity contribution is 0.0696. The molecule has 0 amide bonds. The SMILES string of the molecule is CSC1(CNc2nc(C)cc(C)c2C(=O)O)CCCCC1. The summed E-state index contributed by atoms with van der Waals surface area (Å²) in [4.78, 5) is 15.9. The Morgan fingerprint density at radius 1 is 1.38 bits per heavy atom. The molecule has 1 aliphatic carbocycles. The average molecular weight is 308 g/mol. The predicted octanol–water partition coefficient (Wildman–Crippen LogP) is 3.87. The predicted molar refractivity (Wildman–Crippen MR) is 88.5 cm³/mol. The highest BCUT2D eigenvalue weighted by Gasteiger charge is 2.31. The fraction of sp³-hybridized carbons (Fsp3) is 0.625. The number of carboxylic acid groups (broad SMARTS) is 1. The second-order valence-corrected chi connectivity index (χ2v) is 7.18. The van der Waals surface area contributed by atoms with E-state index in [0.29, 0.717) is 11.4 Å². The lowest BCUT2D eigenvalue weighted by atomic mass is 9.88. The highest BCUT2D eigenvalue weighted by Crippen LogP contribution is 2.38. The molecule has 0 unspecified atom stereocenters. The van der Waals surface area contributed by atoms with Gasteiger partial charge in [-0.1, -0.05) is 19.3 Å². The van der Waals surface area contributed by atoms with Crippen LogP contribution in [0.2, 0.25) is 0 Å². The zero-order valence-corrected chi connectivity index (χ0v) is 13.8. The van der Waals surface area contributed by atoms with Crippen LogP contribution < -0.4 is 5.32 Å². The van der Waals surface area contributed by atoms with Crippen LogP contribution in [-0.2, 0) is 0 Å². The van der Waals surface area contributed by atoms with Gasteiger partial charge in [0.25, 0.3) is 0 Å². The van der Waals surface area contributed by atoms with Crippen LogP contribution in [0.25, 0.3) is 0 Å². The third kappa shape index (κ3) is 3.70. The summed E-state index contributed by atoms with van der Waals surface area (Å²) in [5, 5.41) is 12.7. The van der Waals surface area contributed by atoms with Gasteiger partial charge in [-0.2, -0.15) is 11.8 Å². The number of nitrogens with zero attached hydrogens (tertiary/aromatic N) is 1. The summed E-state index contributed by atoms with van der Waals surface area (Å²) in [5.74, 6) is -0.400. The van der Waals surface area contributed by atoms with Crippen LogP contribution in [0.5, 0.6) is 0 Å². The second kappa shape index (κ2) is 6.69. The minimum absolute atomic E-state index is 0.216. The first kappa shape index (κ1) is 16.1. The molecule has 21 heavy (non-hydrogen) atoms. The summed E-state index contributed by atoms with van der Waals surface area (Å²) in [7, 11) is 0. The number of carbonyl (C=O) groups is 1. The van der Waals surface area contributed by atoms with Crippen molar-refractivity contribution in [1.29, 1.82) is 0 Å². The van der Waals surface area contributed by atoms with Crippen LogP contribution in [0.3, 0.4) is 0 Å². The standard InChI is InChI=1S/C16H24N2O2S/c1-11-9-12(2)18-14(13(11)15(19)20)17-10-16(21-3)7-5-4-6-8-16/h9H,4-8,10H2,1-3H3,(H,17,18)(H,19,20). The first-order valence-corrected chi connectivity index (χ1v) is 8.70. The molecular weight excluding hydrogens is 284 g/mol. The van der Waals surface area contributed by atoms with Gasteiger partial charge < -0.3 is 10.4 Å². The number of carboxylic acids is 1. The van der Waals surface area contributed by atoms with Crippen molar-refractivity contribution in [1.82, 2.24) is 4.98 Å². The molecule has 2 rings (SSSR count). The summed E-state index contributed by atoms with van der Waals surface area (Å²) >= 11 is 1.90. The summed E-state index contributed by atoms with van der Waals surface area (Å²) in [6.07, 6.45) is 8.36. The highest BCUT2D eigenvalue weighted by molar-refractivity contribution is 8.00. The first-order chi connectivity index (χ1) is 9.97. The Bertz CT molecular complexity index is 525. The second-order valence-electron chi connectivity index (χ2n) is 5.91. The van der Waals surface area contributed by atoms with Crippen molar-refractivity contribution < 1.29 is 9.90 Å². The van der Waals surface area contributed by atoms with E-state index in [0.717, 1.165) is 17.8 Å². The Balaban J connectivity index is 2.21. The number of aromatic carboxylic acids is 1. The normalized spacial score (nSPS) is 17.5. The van der Waals surface area contributed by atoms with Gasteiger partial charge in [0, 0.05) is 17.0 Å². The summed E-state index contributed by atoms with van der Waals surface area (Å²) in [6, 6.07) is 1.82. The van der Waals surface area contributed by atoms with Crippen molar-refractivity contribution in [3.63, 3.8) is 0 Å². The largest absolute Gasteiger partial charge is 0.478 e. The number of rotatable bonds is 5. The van der Waals surface area contributed by atoms with Crippen molar-refractivity contribution in [2.45, 2.75) is 50.7 Å². The van der Waals surface area contributed by atoms with Crippen LogP contribution in [0.15, 0.2) is 6.07 Å². The summed E-state index contributed by atoms with van der Waals surface area (Å²) < 4.78 is 0.216. The number of aryl methyl sites for hydroxylation is 2. The van der Waals surface area contributed by atoms with Crippen molar-refractivity contribution >= 4 is 23.5 Å². The van der Waals surface area contributed by atoms with Crippen LogP contribution in [-0.4, -0.2) is 33.6 Å². The van der Waals surface area contributed by atoms with Gasteiger partial charge in [-0.05, 0) is 44.6 Å². The Hall–Kier alpha value is -1.23. The summed E-state index contributed by atoms with van der Waals surface area (Å²) in [5.41, 5.74) is 1.91. The van der Waals surface area contributed by atoms with E-state index >= 15 is 0 Å². The number of aromatic nitrogens is 1. The maximum Gasteiger partial charge on any atom is 0.339 e. The van der Waals surface area contributed by atoms with E-state index in [1.54, 1.807) is 0 Å². The van der Waals surface area contributed by atoms with Crippen molar-refractivity contribution in [2.75, 3.05) is 18.1 Å². The molecule has 1 aromatic heterocycles. The molecule has 1 fully saturated rings. The molecule has 0 aliphatic heterocycles. The molecule has 0 saturated heterocycles. The number of anilines is 1. The van der Waals surface area contributed by atoms with E-state index in [9.17, 15) is 9.90 Å². The molecular formula is C16H24N2O2S. The topological polar surface area (TPSA) is 62.2 Å². The molecule has 1 heterocycles. The maximum atomic E-state index is 11.5. The van der Waals surface area contributed by atoms with Crippen molar-refractivity contribution in [3.05, 3.63) is 22.9 Å². The van der Waals surface area contributed by atoms with E-state index in [-0.39, 0.29) is 4.75 Å². The van der Waals surface area contributed by atoms with Crippen molar-refractivity contribution in [2.24, 2.45) is 0 Å². The van der Waals surface area contributed by atoms with Gasteiger partial charge in [-0.15, -0.1) is 0 Å². The van der Waals surface area contributed by atoms with Crippen LogP contribution in [0, 0.1) is 13.8 Å². The van der Waals surface area contributed by atoms with E-state index in [4.69, 9.17) is 0 Å². The van der Waals surface area contributed by atoms with Gasteiger partial charge in [0.2, 0.25) is 0 Å². The van der Waals surface area contributed by atoms with E-state index in [2.05, 4.69) is 16.6 Å². The lowest BCUT2D eigenvalue weighted by Gasteiger charge is -2.36. The molecule has 1 saturated carbocycles. The molecule has 2 N–H and O–H groups in total. The van der Waals surface area contributed by atoms with Crippen LogP contribution in [0.4, 0.5) is 5.82 Å². The lowest BCUT2D eigenvalue weighted by Crippen LogP contribution is -2.36. The quantitative estimate of drug-likeness (QED) is 0.864. The average Bonchev–Trinajstić information content (AvgIpc) is 2.45. The highest BCUT2D eigenvalue weighted by atomic mass is 32.2. The molecule has 116 valence electrons. The fourth-order valence-corrected chi connectivity index (χ4v) is 4.04. The Morgan fingerprint density at radius 3 is 2.62 bits per heavy atom. The Kier molecular flexibility index (Phi) is 5.14. The third-order valence-corrected chi connectivity index (χ3v) is 5.75. The zero-order chi connectivity index (χ0) is 15.5. The van der Waals surface area contributed by atoms with E-state index in [1.807, 2.05) is 31.7 Å².